The first-order valence-electron chi connectivity index (χ1n) is 6.99. The van der Waals surface area contributed by atoms with Crippen LogP contribution in [0.2, 0.25) is 0 Å². The number of thioether (sulfide) groups is 1. The van der Waals surface area contributed by atoms with Crippen molar-refractivity contribution in [2.75, 3.05) is 11.5 Å². The minimum absolute atomic E-state index is 0.116. The predicted molar refractivity (Wildman–Crippen MR) is 80.8 cm³/mol. The van der Waals surface area contributed by atoms with Crippen LogP contribution in [-0.2, 0) is 6.54 Å². The largest absolute Gasteiger partial charge is 0.473 e. The van der Waals surface area contributed by atoms with Crippen molar-refractivity contribution in [3.8, 4) is 5.88 Å². The standard InChI is InChI=1S/C14H16N4O3S/c1-9-17-12(21-18-9)7-16-13(19)11-3-2-5-15-14(11)20-10-4-6-22-8-10/h2-3,5,10H,4,6-8H2,1H3,(H,16,19)/t10-/m1/s1. The average molecular weight is 320 g/mol. The Morgan fingerprint density at radius 1 is 1.59 bits per heavy atom. The van der Waals surface area contributed by atoms with Crippen LogP contribution in [0, 0.1) is 6.92 Å². The molecular weight excluding hydrogens is 304 g/mol. The molecule has 22 heavy (non-hydrogen) atoms. The second-order valence-corrected chi connectivity index (χ2v) is 6.03. The number of nitrogens with zero attached hydrogens (tertiary/aromatic N) is 3. The number of hydrogen-bond acceptors (Lipinski definition) is 7. The topological polar surface area (TPSA) is 90.1 Å². The second kappa shape index (κ2) is 6.78. The number of amides is 1. The van der Waals surface area contributed by atoms with Crippen molar-refractivity contribution in [1.82, 2.24) is 20.4 Å². The van der Waals surface area contributed by atoms with Gasteiger partial charge in [-0.2, -0.15) is 16.7 Å². The number of ether oxygens (including phenoxy) is 1. The zero-order valence-corrected chi connectivity index (χ0v) is 12.9. The molecule has 7 nitrogen and oxygen atoms in total. The smallest absolute Gasteiger partial charge is 0.257 e. The van der Waals surface area contributed by atoms with Crippen LogP contribution in [0.15, 0.2) is 22.9 Å². The summed E-state index contributed by atoms with van der Waals surface area (Å²) in [6, 6.07) is 3.40. The molecule has 0 aromatic carbocycles. The maximum absolute atomic E-state index is 12.3. The fraction of sp³-hybridized carbons (Fsp3) is 0.429. The summed E-state index contributed by atoms with van der Waals surface area (Å²) in [4.78, 5) is 20.5. The van der Waals surface area contributed by atoms with Gasteiger partial charge >= 0.3 is 0 Å². The molecule has 1 aliphatic rings. The Labute approximate surface area is 131 Å². The Balaban J connectivity index is 1.66. The molecule has 0 spiro atoms. The van der Waals surface area contributed by atoms with Crippen LogP contribution in [0.5, 0.6) is 5.88 Å². The molecular formula is C14H16N4O3S. The highest BCUT2D eigenvalue weighted by atomic mass is 32.2. The van der Waals surface area contributed by atoms with E-state index in [0.29, 0.717) is 23.2 Å². The van der Waals surface area contributed by atoms with Gasteiger partial charge < -0.3 is 14.6 Å². The van der Waals surface area contributed by atoms with Gasteiger partial charge in [0, 0.05) is 11.9 Å². The summed E-state index contributed by atoms with van der Waals surface area (Å²) in [6.07, 6.45) is 2.71. The maximum atomic E-state index is 12.3. The first-order chi connectivity index (χ1) is 10.7. The summed E-state index contributed by atoms with van der Waals surface area (Å²) < 4.78 is 10.8. The van der Waals surface area contributed by atoms with Crippen molar-refractivity contribution in [3.63, 3.8) is 0 Å². The average Bonchev–Trinajstić information content (AvgIpc) is 3.17. The highest BCUT2D eigenvalue weighted by molar-refractivity contribution is 7.99. The minimum atomic E-state index is -0.274. The molecule has 2 aromatic heterocycles. The van der Waals surface area contributed by atoms with Gasteiger partial charge in [-0.25, -0.2) is 4.98 Å². The van der Waals surface area contributed by atoms with Gasteiger partial charge in [0.15, 0.2) is 5.82 Å². The minimum Gasteiger partial charge on any atom is -0.473 e. The van der Waals surface area contributed by atoms with Gasteiger partial charge in [0.1, 0.15) is 11.7 Å². The van der Waals surface area contributed by atoms with E-state index in [0.717, 1.165) is 17.9 Å². The predicted octanol–water partition coefficient (Wildman–Crippen LogP) is 1.59. The Bertz CT molecular complexity index is 655. The number of aryl methyl sites for hydroxylation is 1. The lowest BCUT2D eigenvalue weighted by Crippen LogP contribution is -2.25. The summed E-state index contributed by atoms with van der Waals surface area (Å²) in [5.41, 5.74) is 0.413. The first kappa shape index (κ1) is 14.8. The number of nitrogens with one attached hydrogen (secondary N) is 1. The number of aromatic nitrogens is 3. The van der Waals surface area contributed by atoms with E-state index in [2.05, 4.69) is 20.4 Å². The van der Waals surface area contributed by atoms with Crippen LogP contribution in [0.25, 0.3) is 0 Å². The molecule has 1 amide bonds. The van der Waals surface area contributed by atoms with Gasteiger partial charge in [0.2, 0.25) is 11.8 Å². The van der Waals surface area contributed by atoms with Gasteiger partial charge in [-0.1, -0.05) is 5.16 Å². The summed E-state index contributed by atoms with van der Waals surface area (Å²) in [5.74, 6) is 3.01. The third kappa shape index (κ3) is 3.56. The number of carbonyl (C=O) groups is 1. The van der Waals surface area contributed by atoms with E-state index < -0.39 is 0 Å². The molecule has 1 atom stereocenters. The van der Waals surface area contributed by atoms with Gasteiger partial charge in [0.05, 0.1) is 6.54 Å². The molecule has 1 saturated heterocycles. The molecule has 3 heterocycles. The van der Waals surface area contributed by atoms with Crippen LogP contribution in [-0.4, -0.2) is 38.6 Å². The van der Waals surface area contributed by atoms with Crippen molar-refractivity contribution in [2.45, 2.75) is 26.0 Å². The number of pyridine rings is 1. The Hall–Kier alpha value is -2.09. The van der Waals surface area contributed by atoms with Gasteiger partial charge in [-0.3, -0.25) is 4.79 Å². The molecule has 1 fully saturated rings. The lowest BCUT2D eigenvalue weighted by Gasteiger charge is -2.14. The number of hydrogen-bond donors (Lipinski definition) is 1. The Kier molecular flexibility index (Phi) is 4.57. The molecule has 0 saturated carbocycles. The third-order valence-electron chi connectivity index (χ3n) is 3.15. The summed E-state index contributed by atoms with van der Waals surface area (Å²) >= 11 is 1.84. The fourth-order valence-electron chi connectivity index (χ4n) is 2.08. The molecule has 1 N–H and O–H groups in total. The van der Waals surface area contributed by atoms with Crippen LogP contribution in [0.1, 0.15) is 28.5 Å². The maximum Gasteiger partial charge on any atom is 0.257 e. The van der Waals surface area contributed by atoms with Gasteiger partial charge in [-0.05, 0) is 31.2 Å². The number of carbonyl (C=O) groups excluding carboxylic acids is 1. The Morgan fingerprint density at radius 2 is 2.50 bits per heavy atom. The van der Waals surface area contributed by atoms with Gasteiger partial charge in [0.25, 0.3) is 5.91 Å². The van der Waals surface area contributed by atoms with E-state index in [9.17, 15) is 4.79 Å². The molecule has 0 bridgehead atoms. The van der Waals surface area contributed by atoms with Crippen molar-refractivity contribution in [2.24, 2.45) is 0 Å². The van der Waals surface area contributed by atoms with E-state index in [-0.39, 0.29) is 18.6 Å². The molecule has 3 rings (SSSR count). The van der Waals surface area contributed by atoms with Gasteiger partial charge in [-0.15, -0.1) is 0 Å². The quantitative estimate of drug-likeness (QED) is 0.894. The third-order valence-corrected chi connectivity index (χ3v) is 4.28. The lowest BCUT2D eigenvalue weighted by molar-refractivity contribution is 0.0938. The second-order valence-electron chi connectivity index (χ2n) is 4.88. The van der Waals surface area contributed by atoms with E-state index >= 15 is 0 Å². The number of rotatable bonds is 5. The molecule has 0 radical (unpaired) electrons. The molecule has 2 aromatic rings. The monoisotopic (exact) mass is 320 g/mol. The summed E-state index contributed by atoms with van der Waals surface area (Å²) in [5, 5.41) is 6.41. The fourth-order valence-corrected chi connectivity index (χ4v) is 3.18. The highest BCUT2D eigenvalue weighted by Gasteiger charge is 2.21. The summed E-state index contributed by atoms with van der Waals surface area (Å²) in [6.45, 7) is 1.90. The Morgan fingerprint density at radius 3 is 3.23 bits per heavy atom. The molecule has 1 aliphatic heterocycles. The van der Waals surface area contributed by atoms with E-state index in [1.165, 1.54) is 0 Å². The highest BCUT2D eigenvalue weighted by Crippen LogP contribution is 2.24. The van der Waals surface area contributed by atoms with Crippen LogP contribution in [0.4, 0.5) is 0 Å². The van der Waals surface area contributed by atoms with Crippen LogP contribution >= 0.6 is 11.8 Å². The van der Waals surface area contributed by atoms with Crippen molar-refractivity contribution < 1.29 is 14.1 Å². The SMILES string of the molecule is Cc1noc(CNC(=O)c2cccnc2O[C@@H]2CCSC2)n1. The van der Waals surface area contributed by atoms with Crippen molar-refractivity contribution in [3.05, 3.63) is 35.6 Å². The molecule has 8 heteroatoms. The van der Waals surface area contributed by atoms with E-state index in [4.69, 9.17) is 9.26 Å². The van der Waals surface area contributed by atoms with Crippen LogP contribution in [0.3, 0.4) is 0 Å². The van der Waals surface area contributed by atoms with Crippen LogP contribution < -0.4 is 10.1 Å². The normalized spacial score (nSPS) is 17.4. The van der Waals surface area contributed by atoms with Crippen molar-refractivity contribution in [1.29, 1.82) is 0 Å². The molecule has 0 unspecified atom stereocenters. The zero-order valence-electron chi connectivity index (χ0n) is 12.1. The first-order valence-corrected chi connectivity index (χ1v) is 8.14. The van der Waals surface area contributed by atoms with Crippen molar-refractivity contribution >= 4 is 17.7 Å². The zero-order chi connectivity index (χ0) is 15.4. The lowest BCUT2D eigenvalue weighted by atomic mass is 10.2. The summed E-state index contributed by atoms with van der Waals surface area (Å²) in [7, 11) is 0. The van der Waals surface area contributed by atoms with E-state index in [1.807, 2.05) is 11.8 Å². The molecule has 116 valence electrons. The molecule has 0 aliphatic carbocycles. The van der Waals surface area contributed by atoms with E-state index in [1.54, 1.807) is 25.3 Å².